The Morgan fingerprint density at radius 3 is 2.92 bits per heavy atom. The molecular weight excluding hydrogens is 164 g/mol. The zero-order chi connectivity index (χ0) is 9.68. The van der Waals surface area contributed by atoms with Crippen molar-refractivity contribution >= 4 is 0 Å². The van der Waals surface area contributed by atoms with Gasteiger partial charge in [0.25, 0.3) is 0 Å². The van der Waals surface area contributed by atoms with Crippen molar-refractivity contribution in [1.29, 1.82) is 0 Å². The summed E-state index contributed by atoms with van der Waals surface area (Å²) in [6, 6.07) is 0. The van der Waals surface area contributed by atoms with Gasteiger partial charge in [0.15, 0.2) is 5.82 Å². The Morgan fingerprint density at radius 2 is 2.31 bits per heavy atom. The van der Waals surface area contributed by atoms with E-state index in [4.69, 9.17) is 0 Å². The molecule has 0 aromatic carbocycles. The second kappa shape index (κ2) is 4.97. The van der Waals surface area contributed by atoms with Crippen molar-refractivity contribution in [3.63, 3.8) is 0 Å². The second-order valence-corrected chi connectivity index (χ2v) is 3.64. The number of nitrogens with zero attached hydrogens (tertiary/aromatic N) is 3. The Hall–Kier alpha value is -0.900. The third-order valence-electron chi connectivity index (χ3n) is 1.85. The molecule has 74 valence electrons. The molecule has 0 aliphatic heterocycles. The average molecular weight is 182 g/mol. The molecule has 0 amide bonds. The summed E-state index contributed by atoms with van der Waals surface area (Å²) in [4.78, 5) is 4.17. The second-order valence-electron chi connectivity index (χ2n) is 3.64. The minimum Gasteiger partial charge on any atom is -0.313 e. The summed E-state index contributed by atoms with van der Waals surface area (Å²) in [6.07, 6.45) is 2.96. The highest BCUT2D eigenvalue weighted by molar-refractivity contribution is 4.79. The first-order valence-corrected chi connectivity index (χ1v) is 4.75. The molecule has 0 bridgehead atoms. The maximum absolute atomic E-state index is 4.31. The molecule has 13 heavy (non-hydrogen) atoms. The molecule has 0 aliphatic rings. The molecule has 4 heteroatoms. The van der Waals surface area contributed by atoms with E-state index in [0.717, 1.165) is 31.3 Å². The number of hydrogen-bond acceptors (Lipinski definition) is 3. The van der Waals surface area contributed by atoms with E-state index < -0.39 is 0 Å². The van der Waals surface area contributed by atoms with Gasteiger partial charge in [-0.05, 0) is 19.4 Å². The van der Waals surface area contributed by atoms with Gasteiger partial charge in [0.2, 0.25) is 0 Å². The van der Waals surface area contributed by atoms with Gasteiger partial charge in [-0.2, -0.15) is 5.10 Å². The van der Waals surface area contributed by atoms with E-state index in [1.54, 1.807) is 6.33 Å². The third kappa shape index (κ3) is 3.55. The molecule has 0 saturated carbocycles. The van der Waals surface area contributed by atoms with Crippen molar-refractivity contribution in [3.8, 4) is 0 Å². The van der Waals surface area contributed by atoms with E-state index in [-0.39, 0.29) is 0 Å². The van der Waals surface area contributed by atoms with Gasteiger partial charge in [-0.25, -0.2) is 4.98 Å². The summed E-state index contributed by atoms with van der Waals surface area (Å²) in [6.45, 7) is 6.14. The van der Waals surface area contributed by atoms with E-state index in [1.807, 2.05) is 11.7 Å². The van der Waals surface area contributed by atoms with E-state index in [9.17, 15) is 0 Å². The van der Waals surface area contributed by atoms with Crippen LogP contribution in [0.15, 0.2) is 6.33 Å². The molecular formula is C9H18N4. The quantitative estimate of drug-likeness (QED) is 0.740. The number of aryl methyl sites for hydroxylation is 1. The van der Waals surface area contributed by atoms with Gasteiger partial charge >= 0.3 is 0 Å². The van der Waals surface area contributed by atoms with Gasteiger partial charge in [0, 0.05) is 6.54 Å². The molecule has 0 spiro atoms. The lowest BCUT2D eigenvalue weighted by atomic mass is 10.1. The minimum atomic E-state index is 0.719. The average Bonchev–Trinajstić information content (AvgIpc) is 2.50. The summed E-state index contributed by atoms with van der Waals surface area (Å²) >= 11 is 0. The van der Waals surface area contributed by atoms with Crippen LogP contribution in [0, 0.1) is 5.92 Å². The van der Waals surface area contributed by atoms with E-state index >= 15 is 0 Å². The first-order chi connectivity index (χ1) is 6.22. The Balaban J connectivity index is 2.39. The van der Waals surface area contributed by atoms with Gasteiger partial charge in [0.1, 0.15) is 6.33 Å². The summed E-state index contributed by atoms with van der Waals surface area (Å²) in [7, 11) is 1.90. The minimum absolute atomic E-state index is 0.719. The molecule has 1 heterocycles. The molecule has 0 fully saturated rings. The molecule has 0 saturated heterocycles. The van der Waals surface area contributed by atoms with Crippen LogP contribution in [-0.2, 0) is 13.1 Å². The molecule has 1 aromatic rings. The fourth-order valence-electron chi connectivity index (χ4n) is 1.07. The van der Waals surface area contributed by atoms with Crippen LogP contribution in [0.1, 0.15) is 26.1 Å². The monoisotopic (exact) mass is 182 g/mol. The first-order valence-electron chi connectivity index (χ1n) is 4.75. The lowest BCUT2D eigenvalue weighted by Gasteiger charge is -2.02. The Morgan fingerprint density at radius 1 is 1.54 bits per heavy atom. The lowest BCUT2D eigenvalue weighted by Crippen LogP contribution is -2.08. The van der Waals surface area contributed by atoms with Crippen LogP contribution in [0.5, 0.6) is 0 Å². The molecule has 0 radical (unpaired) electrons. The molecule has 0 aliphatic carbocycles. The number of rotatable bonds is 5. The summed E-state index contributed by atoms with van der Waals surface area (Å²) in [5, 5.41) is 7.34. The van der Waals surface area contributed by atoms with Crippen LogP contribution in [-0.4, -0.2) is 21.8 Å². The standard InChI is InChI=1S/C9H18N4/c1-8(2)4-5-13-7-11-9(12-13)6-10-3/h7-8,10H,4-6H2,1-3H3. The van der Waals surface area contributed by atoms with Crippen LogP contribution in [0.2, 0.25) is 0 Å². The van der Waals surface area contributed by atoms with Crippen molar-refractivity contribution in [3.05, 3.63) is 12.2 Å². The predicted octanol–water partition coefficient (Wildman–Crippen LogP) is 1.04. The maximum atomic E-state index is 4.31. The molecule has 1 N–H and O–H groups in total. The Bertz CT molecular complexity index is 242. The van der Waals surface area contributed by atoms with Crippen LogP contribution in [0.25, 0.3) is 0 Å². The zero-order valence-corrected chi connectivity index (χ0v) is 8.62. The van der Waals surface area contributed by atoms with Gasteiger partial charge in [-0.15, -0.1) is 0 Å². The highest BCUT2D eigenvalue weighted by Gasteiger charge is 2.00. The van der Waals surface area contributed by atoms with Crippen LogP contribution in [0.3, 0.4) is 0 Å². The zero-order valence-electron chi connectivity index (χ0n) is 8.62. The normalized spacial score (nSPS) is 11.1. The van der Waals surface area contributed by atoms with E-state index in [2.05, 4.69) is 29.2 Å². The number of aromatic nitrogens is 3. The van der Waals surface area contributed by atoms with Gasteiger partial charge in [-0.1, -0.05) is 13.8 Å². The van der Waals surface area contributed by atoms with Crippen molar-refractivity contribution in [2.24, 2.45) is 5.92 Å². The highest BCUT2D eigenvalue weighted by Crippen LogP contribution is 2.01. The first kappa shape index (κ1) is 10.2. The summed E-state index contributed by atoms with van der Waals surface area (Å²) in [5.41, 5.74) is 0. The maximum Gasteiger partial charge on any atom is 0.164 e. The van der Waals surface area contributed by atoms with Gasteiger partial charge in [-0.3, -0.25) is 4.68 Å². The molecule has 1 aromatic heterocycles. The smallest absolute Gasteiger partial charge is 0.164 e. The summed E-state index contributed by atoms with van der Waals surface area (Å²) in [5.74, 6) is 1.59. The molecule has 1 rings (SSSR count). The van der Waals surface area contributed by atoms with Crippen LogP contribution < -0.4 is 5.32 Å². The van der Waals surface area contributed by atoms with Crippen molar-refractivity contribution < 1.29 is 0 Å². The Labute approximate surface area is 79.4 Å². The summed E-state index contributed by atoms with van der Waals surface area (Å²) < 4.78 is 1.91. The van der Waals surface area contributed by atoms with E-state index in [1.165, 1.54) is 0 Å². The Kier molecular flexibility index (Phi) is 3.89. The van der Waals surface area contributed by atoms with Gasteiger partial charge < -0.3 is 5.32 Å². The SMILES string of the molecule is CNCc1ncn(CCC(C)C)n1. The largest absolute Gasteiger partial charge is 0.313 e. The van der Waals surface area contributed by atoms with Crippen molar-refractivity contribution in [2.45, 2.75) is 33.4 Å². The molecule has 0 unspecified atom stereocenters. The van der Waals surface area contributed by atoms with Crippen LogP contribution in [0.4, 0.5) is 0 Å². The van der Waals surface area contributed by atoms with E-state index in [0.29, 0.717) is 0 Å². The fraction of sp³-hybridized carbons (Fsp3) is 0.778. The molecule has 0 atom stereocenters. The van der Waals surface area contributed by atoms with Crippen molar-refractivity contribution in [1.82, 2.24) is 20.1 Å². The highest BCUT2D eigenvalue weighted by atomic mass is 15.3. The third-order valence-corrected chi connectivity index (χ3v) is 1.85. The number of hydrogen-bond donors (Lipinski definition) is 1. The van der Waals surface area contributed by atoms with Crippen LogP contribution >= 0.6 is 0 Å². The van der Waals surface area contributed by atoms with Gasteiger partial charge in [0.05, 0.1) is 6.54 Å². The number of nitrogens with one attached hydrogen (secondary N) is 1. The lowest BCUT2D eigenvalue weighted by molar-refractivity contribution is 0.483. The topological polar surface area (TPSA) is 42.7 Å². The molecule has 4 nitrogen and oxygen atoms in total. The fourth-order valence-corrected chi connectivity index (χ4v) is 1.07. The van der Waals surface area contributed by atoms with Crippen molar-refractivity contribution in [2.75, 3.05) is 7.05 Å². The predicted molar refractivity (Wildman–Crippen MR) is 52.2 cm³/mol.